The van der Waals surface area contributed by atoms with Gasteiger partial charge in [-0.25, -0.2) is 14.9 Å². The van der Waals surface area contributed by atoms with E-state index in [1.165, 1.54) is 0 Å². The van der Waals surface area contributed by atoms with Gasteiger partial charge in [-0.3, -0.25) is 4.79 Å². The van der Waals surface area contributed by atoms with Crippen molar-refractivity contribution in [3.63, 3.8) is 0 Å². The third kappa shape index (κ3) is 6.58. The molecule has 3 aromatic carbocycles. The smallest absolute Gasteiger partial charge is 0.334 e. The van der Waals surface area contributed by atoms with Gasteiger partial charge in [0.15, 0.2) is 11.9 Å². The van der Waals surface area contributed by atoms with E-state index in [-0.39, 0.29) is 12.1 Å². The van der Waals surface area contributed by atoms with Crippen LogP contribution in [0.25, 0.3) is 22.5 Å². The summed E-state index contributed by atoms with van der Waals surface area (Å²) in [6, 6.07) is 24.1. The van der Waals surface area contributed by atoms with E-state index in [4.69, 9.17) is 0 Å². The van der Waals surface area contributed by atoms with Crippen LogP contribution in [0, 0.1) is 0 Å². The largest absolute Gasteiger partial charge is 0.479 e. The fourth-order valence-electron chi connectivity index (χ4n) is 4.85. The van der Waals surface area contributed by atoms with Crippen molar-refractivity contribution in [2.24, 2.45) is 0 Å². The van der Waals surface area contributed by atoms with Gasteiger partial charge in [0.25, 0.3) is 5.91 Å². The number of carbonyl (C=O) groups excluding carboxylic acids is 1. The van der Waals surface area contributed by atoms with Gasteiger partial charge >= 0.3 is 5.97 Å². The zero-order valence-electron chi connectivity index (χ0n) is 23.0. The van der Waals surface area contributed by atoms with E-state index < -0.39 is 24.0 Å². The molecule has 2 atom stereocenters. The first kappa shape index (κ1) is 28.4. The molecule has 5 aromatic rings. The maximum atomic E-state index is 13.2. The Bertz CT molecular complexity index is 1630. The molecule has 4 N–H and O–H groups in total. The molecular weight excluding hydrogens is 534 g/mol. The Hall–Kier alpha value is -5.16. The van der Waals surface area contributed by atoms with Crippen LogP contribution >= 0.6 is 0 Å². The van der Waals surface area contributed by atoms with Crippen LogP contribution in [-0.2, 0) is 24.2 Å². The van der Waals surface area contributed by atoms with Gasteiger partial charge in [-0.15, -0.1) is 5.10 Å². The molecule has 0 saturated heterocycles. The number of aliphatic hydroxyl groups is 1. The number of carbonyl (C=O) groups is 2. The summed E-state index contributed by atoms with van der Waals surface area (Å²) in [4.78, 5) is 29.3. The molecule has 0 saturated carbocycles. The van der Waals surface area contributed by atoms with Crippen molar-refractivity contribution in [2.45, 2.75) is 44.9 Å². The second-order valence-corrected chi connectivity index (χ2v) is 9.97. The number of aliphatic hydroxyl groups excluding tert-OH is 1. The highest BCUT2D eigenvalue weighted by Crippen LogP contribution is 2.30. The maximum absolute atomic E-state index is 13.2. The minimum atomic E-state index is -1.77. The van der Waals surface area contributed by atoms with Crippen LogP contribution < -0.4 is 5.32 Å². The van der Waals surface area contributed by atoms with Gasteiger partial charge in [-0.05, 0) is 45.5 Å². The Morgan fingerprint density at radius 2 is 1.67 bits per heavy atom. The minimum absolute atomic E-state index is 0.158. The maximum Gasteiger partial charge on any atom is 0.334 e. The Morgan fingerprint density at radius 1 is 0.952 bits per heavy atom. The second kappa shape index (κ2) is 13.0. The predicted molar refractivity (Wildman–Crippen MR) is 155 cm³/mol. The van der Waals surface area contributed by atoms with E-state index in [2.05, 4.69) is 30.9 Å². The summed E-state index contributed by atoms with van der Waals surface area (Å²) >= 11 is 0. The molecule has 0 unspecified atom stereocenters. The molecule has 5 rings (SSSR count). The van der Waals surface area contributed by atoms with Gasteiger partial charge in [0.05, 0.1) is 6.04 Å². The molecule has 11 heteroatoms. The van der Waals surface area contributed by atoms with Crippen molar-refractivity contribution in [1.82, 2.24) is 35.5 Å². The number of hydrogen-bond donors (Lipinski definition) is 4. The number of amides is 1. The molecule has 0 fully saturated rings. The number of tetrazole rings is 1. The molecule has 0 spiro atoms. The van der Waals surface area contributed by atoms with Crippen LogP contribution in [0.3, 0.4) is 0 Å². The van der Waals surface area contributed by atoms with Crippen LogP contribution in [0.5, 0.6) is 0 Å². The van der Waals surface area contributed by atoms with Gasteiger partial charge in [-0.1, -0.05) is 85.8 Å². The minimum Gasteiger partial charge on any atom is -0.479 e. The Balaban J connectivity index is 1.34. The summed E-state index contributed by atoms with van der Waals surface area (Å²) in [5.74, 6) is -0.614. The number of aliphatic carboxylic acids is 1. The van der Waals surface area contributed by atoms with Crippen molar-refractivity contribution >= 4 is 11.9 Å². The number of benzene rings is 3. The lowest BCUT2D eigenvalue weighted by Crippen LogP contribution is -2.48. The molecule has 214 valence electrons. The lowest BCUT2D eigenvalue weighted by atomic mass is 9.98. The first-order valence-corrected chi connectivity index (χ1v) is 13.7. The molecule has 11 nitrogen and oxygen atoms in total. The summed E-state index contributed by atoms with van der Waals surface area (Å²) < 4.78 is 1.93. The highest BCUT2D eigenvalue weighted by Gasteiger charge is 2.29. The molecule has 0 radical (unpaired) electrons. The van der Waals surface area contributed by atoms with E-state index in [0.29, 0.717) is 18.8 Å². The number of rotatable bonds is 12. The molecule has 0 aliphatic carbocycles. The summed E-state index contributed by atoms with van der Waals surface area (Å²) in [6.07, 6.45) is 1.56. The number of nitrogens with zero attached hydrogens (tertiary/aromatic N) is 5. The van der Waals surface area contributed by atoms with Crippen LogP contribution in [0.2, 0.25) is 0 Å². The predicted octanol–water partition coefficient (Wildman–Crippen LogP) is 3.52. The monoisotopic (exact) mass is 565 g/mol. The Labute approximate surface area is 242 Å². The topological polar surface area (TPSA) is 159 Å². The Kier molecular flexibility index (Phi) is 8.78. The molecule has 2 heterocycles. The molecule has 0 bridgehead atoms. The van der Waals surface area contributed by atoms with E-state index in [1.807, 2.05) is 90.4 Å². The number of aromatic nitrogens is 6. The van der Waals surface area contributed by atoms with Crippen molar-refractivity contribution < 1.29 is 19.8 Å². The molecule has 2 aromatic heterocycles. The van der Waals surface area contributed by atoms with E-state index in [0.717, 1.165) is 40.1 Å². The van der Waals surface area contributed by atoms with Gasteiger partial charge in [-0.2, -0.15) is 0 Å². The van der Waals surface area contributed by atoms with E-state index in [9.17, 15) is 19.8 Å². The van der Waals surface area contributed by atoms with Crippen LogP contribution in [0.4, 0.5) is 0 Å². The van der Waals surface area contributed by atoms with Crippen LogP contribution in [0.15, 0.2) is 85.1 Å². The second-order valence-electron chi connectivity index (χ2n) is 9.97. The summed E-state index contributed by atoms with van der Waals surface area (Å²) in [7, 11) is 0. The number of aryl methyl sites for hydroxylation is 1. The highest BCUT2D eigenvalue weighted by atomic mass is 16.4. The number of H-pyrrole nitrogens is 1. The zero-order chi connectivity index (χ0) is 29.5. The lowest BCUT2D eigenvalue weighted by molar-refractivity contribution is -0.148. The zero-order valence-corrected chi connectivity index (χ0v) is 23.0. The average molecular weight is 566 g/mol. The van der Waals surface area contributed by atoms with Crippen LogP contribution in [-0.4, -0.2) is 64.4 Å². The van der Waals surface area contributed by atoms with E-state index >= 15 is 0 Å². The number of carboxylic acid groups (broad SMARTS) is 1. The standard InChI is InChI=1S/C31H31N7O4/c1-2-8-27-32-26(30(40)33-25(28(39)31(41)42)17-20-9-4-3-5-10-20)19-38(27)18-21-13-15-22(16-14-21)23-11-6-7-12-24(23)29-34-36-37-35-29/h3-7,9-16,19,25,28,39H,2,8,17-18H2,1H3,(H,33,40)(H,41,42)(H,34,35,36,37)/t25-,28-/m1/s1. The normalized spacial score (nSPS) is 12.5. The van der Waals surface area contributed by atoms with Crippen LogP contribution in [0.1, 0.15) is 40.8 Å². The van der Waals surface area contributed by atoms with Crippen molar-refractivity contribution in [1.29, 1.82) is 0 Å². The average Bonchev–Trinajstić information content (AvgIpc) is 3.68. The third-order valence-electron chi connectivity index (χ3n) is 6.96. The SMILES string of the molecule is CCCc1nc(C(=O)N[C@H](Cc2ccccc2)[C@@H](O)C(=O)O)cn1Cc1ccc(-c2ccccc2-c2nnn[nH]2)cc1. The summed E-state index contributed by atoms with van der Waals surface area (Å²) in [6.45, 7) is 2.53. The van der Waals surface area contributed by atoms with Gasteiger partial charge in [0.2, 0.25) is 0 Å². The fraction of sp³-hybridized carbons (Fsp3) is 0.226. The number of carboxylic acids is 1. The number of aromatic amines is 1. The number of imidazole rings is 1. The fourth-order valence-corrected chi connectivity index (χ4v) is 4.85. The lowest BCUT2D eigenvalue weighted by Gasteiger charge is -2.21. The van der Waals surface area contributed by atoms with Crippen molar-refractivity contribution in [3.05, 3.63) is 108 Å². The molecule has 1 amide bonds. The number of nitrogens with one attached hydrogen (secondary N) is 2. The van der Waals surface area contributed by atoms with E-state index in [1.54, 1.807) is 6.20 Å². The first-order valence-electron chi connectivity index (χ1n) is 13.7. The highest BCUT2D eigenvalue weighted by molar-refractivity contribution is 5.93. The summed E-state index contributed by atoms with van der Waals surface area (Å²) in [5, 5.41) is 36.6. The third-order valence-corrected chi connectivity index (χ3v) is 6.96. The van der Waals surface area contributed by atoms with Gasteiger partial charge in [0.1, 0.15) is 11.5 Å². The molecule has 0 aliphatic rings. The quantitative estimate of drug-likeness (QED) is 0.179. The molecular formula is C31H31N7O4. The molecule has 0 aliphatic heterocycles. The molecule has 42 heavy (non-hydrogen) atoms. The van der Waals surface area contributed by atoms with Crippen molar-refractivity contribution in [3.8, 4) is 22.5 Å². The Morgan fingerprint density at radius 3 is 2.33 bits per heavy atom. The first-order chi connectivity index (χ1) is 20.4. The number of hydrogen-bond acceptors (Lipinski definition) is 7. The van der Waals surface area contributed by atoms with Gasteiger partial charge < -0.3 is 20.1 Å². The summed E-state index contributed by atoms with van der Waals surface area (Å²) in [5.41, 5.74) is 4.87. The van der Waals surface area contributed by atoms with Gasteiger partial charge in [0, 0.05) is 24.7 Å². The van der Waals surface area contributed by atoms with Crippen molar-refractivity contribution in [2.75, 3.05) is 0 Å².